The van der Waals surface area contributed by atoms with E-state index < -0.39 is 17.2 Å². The minimum Gasteiger partial charge on any atom is -0.444 e. The van der Waals surface area contributed by atoms with Crippen LogP contribution in [0, 0.1) is 0 Å². The van der Waals surface area contributed by atoms with Gasteiger partial charge in [-0.2, -0.15) is 0 Å². The van der Waals surface area contributed by atoms with E-state index in [1.54, 1.807) is 0 Å². The quantitative estimate of drug-likeness (QED) is 0.823. The third-order valence-electron chi connectivity index (χ3n) is 3.10. The van der Waals surface area contributed by atoms with Crippen molar-refractivity contribution in [2.75, 3.05) is 13.2 Å². The molecule has 1 amide bonds. The van der Waals surface area contributed by atoms with Gasteiger partial charge in [0.2, 0.25) is 0 Å². The minimum atomic E-state index is -0.548. The van der Waals surface area contributed by atoms with Crippen molar-refractivity contribution in [1.29, 1.82) is 0 Å². The zero-order valence-electron chi connectivity index (χ0n) is 13.3. The maximum Gasteiger partial charge on any atom is 0.413 e. The van der Waals surface area contributed by atoms with Crippen LogP contribution in [0.15, 0.2) is 33.7 Å². The van der Waals surface area contributed by atoms with Crippen LogP contribution in [0.25, 0.3) is 0 Å². The lowest BCUT2D eigenvalue weighted by molar-refractivity contribution is 0.0543. The largest absolute Gasteiger partial charge is 0.444 e. The molecule has 1 aromatic rings. The van der Waals surface area contributed by atoms with Gasteiger partial charge in [0.25, 0.3) is 0 Å². The second-order valence-corrected chi connectivity index (χ2v) is 7.38. The van der Waals surface area contributed by atoms with E-state index in [1.807, 2.05) is 52.0 Å². The third kappa shape index (κ3) is 4.55. The average molecular weight is 369 g/mol. The summed E-state index contributed by atoms with van der Waals surface area (Å²) in [5.41, 5.74) is -0.0646. The number of benzene rings is 1. The molecule has 120 valence electrons. The molecule has 1 N–H and O–H groups in total. The van der Waals surface area contributed by atoms with Gasteiger partial charge >= 0.3 is 6.09 Å². The van der Waals surface area contributed by atoms with E-state index in [4.69, 9.17) is 9.47 Å². The molecule has 5 nitrogen and oxygen atoms in total. The Kier molecular flexibility index (Phi) is 4.92. The number of nitrogens with zero attached hydrogens (tertiary/aromatic N) is 1. The van der Waals surface area contributed by atoms with E-state index in [2.05, 4.69) is 26.2 Å². The number of hydrogen-bond acceptors (Lipinski definition) is 4. The van der Waals surface area contributed by atoms with Crippen molar-refractivity contribution in [3.8, 4) is 0 Å². The van der Waals surface area contributed by atoms with Crippen LogP contribution in [0.1, 0.15) is 33.3 Å². The van der Waals surface area contributed by atoms with Gasteiger partial charge in [-0.3, -0.25) is 10.3 Å². The van der Waals surface area contributed by atoms with Crippen LogP contribution < -0.4 is 5.32 Å². The summed E-state index contributed by atoms with van der Waals surface area (Å²) in [5, 5.41) is 2.67. The molecule has 0 fully saturated rings. The van der Waals surface area contributed by atoms with Crippen LogP contribution in [0.4, 0.5) is 4.79 Å². The Morgan fingerprint density at radius 1 is 1.45 bits per heavy atom. The number of ether oxygens (including phenoxy) is 2. The average Bonchev–Trinajstić information content (AvgIpc) is 2.36. The van der Waals surface area contributed by atoms with Crippen molar-refractivity contribution < 1.29 is 14.3 Å². The van der Waals surface area contributed by atoms with E-state index in [0.29, 0.717) is 12.4 Å². The highest BCUT2D eigenvalue weighted by Crippen LogP contribution is 2.30. The number of amides is 1. The van der Waals surface area contributed by atoms with Gasteiger partial charge < -0.3 is 9.47 Å². The first-order chi connectivity index (χ1) is 10.2. The normalized spacial score (nSPS) is 22.0. The molecular formula is C16H21BrN2O3. The Labute approximate surface area is 139 Å². The third-order valence-corrected chi connectivity index (χ3v) is 3.59. The standard InChI is InChI=1S/C16H21BrN2O3/c1-15(2,3)22-14(20)18-13-9-21-10-16(4,19-13)11-6-5-7-12(17)8-11/h5-8H,9-10H2,1-4H3,(H,18,19,20). The van der Waals surface area contributed by atoms with Gasteiger partial charge in [-0.25, -0.2) is 4.79 Å². The highest BCUT2D eigenvalue weighted by molar-refractivity contribution is 9.10. The highest BCUT2D eigenvalue weighted by atomic mass is 79.9. The number of rotatable bonds is 1. The van der Waals surface area contributed by atoms with E-state index in [-0.39, 0.29) is 6.61 Å². The van der Waals surface area contributed by atoms with E-state index in [0.717, 1.165) is 10.0 Å². The van der Waals surface area contributed by atoms with E-state index in [1.165, 1.54) is 0 Å². The number of carbonyl (C=O) groups is 1. The number of nitrogens with one attached hydrogen (secondary N) is 1. The van der Waals surface area contributed by atoms with Crippen LogP contribution in [0.5, 0.6) is 0 Å². The molecule has 1 aliphatic rings. The van der Waals surface area contributed by atoms with Crippen LogP contribution in [-0.2, 0) is 15.0 Å². The highest BCUT2D eigenvalue weighted by Gasteiger charge is 2.31. The molecule has 0 saturated carbocycles. The fourth-order valence-electron chi connectivity index (χ4n) is 2.17. The molecule has 1 aliphatic heterocycles. The molecule has 0 saturated heterocycles. The Morgan fingerprint density at radius 2 is 2.18 bits per heavy atom. The molecule has 0 radical (unpaired) electrons. The van der Waals surface area contributed by atoms with Gasteiger partial charge in [-0.15, -0.1) is 0 Å². The summed E-state index contributed by atoms with van der Waals surface area (Å²) < 4.78 is 11.8. The molecule has 1 aromatic carbocycles. The second-order valence-electron chi connectivity index (χ2n) is 6.46. The molecule has 1 heterocycles. The summed E-state index contributed by atoms with van der Waals surface area (Å²) in [4.78, 5) is 16.5. The van der Waals surface area contributed by atoms with Crippen molar-refractivity contribution in [2.45, 2.75) is 38.8 Å². The van der Waals surface area contributed by atoms with Crippen molar-refractivity contribution in [2.24, 2.45) is 4.99 Å². The smallest absolute Gasteiger partial charge is 0.413 e. The van der Waals surface area contributed by atoms with Crippen LogP contribution in [-0.4, -0.2) is 30.7 Å². The van der Waals surface area contributed by atoms with Crippen molar-refractivity contribution >= 4 is 27.9 Å². The summed E-state index contributed by atoms with van der Waals surface area (Å²) >= 11 is 3.46. The monoisotopic (exact) mass is 368 g/mol. The van der Waals surface area contributed by atoms with Crippen LogP contribution in [0.3, 0.4) is 0 Å². The lowest BCUT2D eigenvalue weighted by Crippen LogP contribution is -2.44. The number of carbonyl (C=O) groups excluding carboxylic acids is 1. The van der Waals surface area contributed by atoms with E-state index in [9.17, 15) is 4.79 Å². The molecule has 1 atom stereocenters. The summed E-state index contributed by atoms with van der Waals surface area (Å²) in [6, 6.07) is 7.91. The molecule has 1 unspecified atom stereocenters. The molecule has 0 aromatic heterocycles. The predicted molar refractivity (Wildman–Crippen MR) is 89.1 cm³/mol. The molecular weight excluding hydrogens is 348 g/mol. The minimum absolute atomic E-state index is 0.267. The number of alkyl carbamates (subject to hydrolysis) is 1. The first kappa shape index (κ1) is 17.0. The van der Waals surface area contributed by atoms with Crippen molar-refractivity contribution in [3.05, 3.63) is 34.3 Å². The summed E-state index contributed by atoms with van der Waals surface area (Å²) in [6.07, 6.45) is -0.520. The fourth-order valence-corrected chi connectivity index (χ4v) is 2.56. The summed E-state index contributed by atoms with van der Waals surface area (Å²) in [5.74, 6) is 0.475. The molecule has 0 bridgehead atoms. The lowest BCUT2D eigenvalue weighted by Gasteiger charge is -2.31. The van der Waals surface area contributed by atoms with Gasteiger partial charge in [-0.1, -0.05) is 28.1 Å². The van der Waals surface area contributed by atoms with Gasteiger partial charge in [0.05, 0.1) is 6.61 Å². The Bertz CT molecular complexity index is 595. The van der Waals surface area contributed by atoms with E-state index >= 15 is 0 Å². The lowest BCUT2D eigenvalue weighted by atomic mass is 9.93. The molecule has 2 rings (SSSR count). The molecule has 22 heavy (non-hydrogen) atoms. The van der Waals surface area contributed by atoms with Crippen molar-refractivity contribution in [3.63, 3.8) is 0 Å². The fraction of sp³-hybridized carbons (Fsp3) is 0.500. The zero-order chi connectivity index (χ0) is 16.4. The molecule has 0 aliphatic carbocycles. The van der Waals surface area contributed by atoms with Gasteiger partial charge in [0.15, 0.2) is 0 Å². The molecule has 0 spiro atoms. The predicted octanol–water partition coefficient (Wildman–Crippen LogP) is 3.62. The van der Waals surface area contributed by atoms with Crippen LogP contribution in [0.2, 0.25) is 0 Å². The van der Waals surface area contributed by atoms with Crippen LogP contribution >= 0.6 is 15.9 Å². The van der Waals surface area contributed by atoms with Gasteiger partial charge in [0.1, 0.15) is 23.6 Å². The van der Waals surface area contributed by atoms with Gasteiger partial charge in [0, 0.05) is 4.47 Å². The Hall–Kier alpha value is -1.40. The Morgan fingerprint density at radius 3 is 2.82 bits per heavy atom. The number of hydrogen-bond donors (Lipinski definition) is 1. The topological polar surface area (TPSA) is 59.9 Å². The van der Waals surface area contributed by atoms with Crippen molar-refractivity contribution in [1.82, 2.24) is 5.32 Å². The maximum atomic E-state index is 11.9. The SMILES string of the molecule is CC(C)(C)OC(=O)NC1=NC(C)(c2cccc(Br)c2)COC1. The summed E-state index contributed by atoms with van der Waals surface area (Å²) in [6.45, 7) is 8.16. The number of amidine groups is 1. The first-order valence-electron chi connectivity index (χ1n) is 7.10. The summed E-state index contributed by atoms with van der Waals surface area (Å²) in [7, 11) is 0. The number of aliphatic imine (C=N–C) groups is 1. The zero-order valence-corrected chi connectivity index (χ0v) is 14.9. The van der Waals surface area contributed by atoms with Gasteiger partial charge in [-0.05, 0) is 45.4 Å². The first-order valence-corrected chi connectivity index (χ1v) is 7.90. The number of halogens is 1. The second kappa shape index (κ2) is 6.38. The maximum absolute atomic E-state index is 11.9. The Balaban J connectivity index is 2.16. The molecule has 6 heteroatoms.